The van der Waals surface area contributed by atoms with E-state index in [4.69, 9.17) is 0 Å². The fourth-order valence-corrected chi connectivity index (χ4v) is 2.14. The molecule has 1 aromatic heterocycles. The van der Waals surface area contributed by atoms with E-state index in [9.17, 15) is 0 Å². The van der Waals surface area contributed by atoms with E-state index in [2.05, 4.69) is 69.9 Å². The highest BCUT2D eigenvalue weighted by atomic mass is 15.5. The van der Waals surface area contributed by atoms with Gasteiger partial charge in [-0.3, -0.25) is 0 Å². The van der Waals surface area contributed by atoms with Gasteiger partial charge in [-0.2, -0.15) is 15.0 Å². The fraction of sp³-hybridized carbons (Fsp3) is 0.500. The van der Waals surface area contributed by atoms with Crippen LogP contribution >= 0.6 is 0 Å². The molecule has 0 saturated carbocycles. The van der Waals surface area contributed by atoms with E-state index in [1.54, 1.807) is 17.2 Å². The highest BCUT2D eigenvalue weighted by Crippen LogP contribution is 2.32. The van der Waals surface area contributed by atoms with Gasteiger partial charge in [0.05, 0.1) is 18.1 Å². The first kappa shape index (κ1) is 13.8. The van der Waals surface area contributed by atoms with Gasteiger partial charge in [0.1, 0.15) is 0 Å². The number of nitrogens with zero attached hydrogens (tertiary/aromatic N) is 3. The van der Waals surface area contributed by atoms with Crippen LogP contribution in [0.3, 0.4) is 0 Å². The minimum Gasteiger partial charge on any atom is -0.157 e. The molecule has 2 rings (SSSR count). The number of benzene rings is 1. The normalized spacial score (nSPS) is 12.7. The molecular weight excluding hydrogens is 234 g/mol. The van der Waals surface area contributed by atoms with E-state index in [0.29, 0.717) is 0 Å². The van der Waals surface area contributed by atoms with Gasteiger partial charge in [-0.15, -0.1) is 0 Å². The second-order valence-corrected chi connectivity index (χ2v) is 7.05. The molecule has 0 aliphatic carbocycles. The lowest BCUT2D eigenvalue weighted by Crippen LogP contribution is -2.19. The van der Waals surface area contributed by atoms with Gasteiger partial charge < -0.3 is 0 Å². The second-order valence-electron chi connectivity index (χ2n) is 7.05. The molecule has 0 atom stereocenters. The lowest BCUT2D eigenvalue weighted by molar-refractivity contribution is 0.565. The average Bonchev–Trinajstić information content (AvgIpc) is 2.79. The summed E-state index contributed by atoms with van der Waals surface area (Å²) in [7, 11) is 0. The van der Waals surface area contributed by atoms with Gasteiger partial charge in [0.15, 0.2) is 0 Å². The maximum Gasteiger partial charge on any atom is 0.0896 e. The lowest BCUT2D eigenvalue weighted by Gasteiger charge is -2.26. The van der Waals surface area contributed by atoms with E-state index >= 15 is 0 Å². The third kappa shape index (κ3) is 2.86. The molecule has 1 aromatic carbocycles. The molecule has 0 fully saturated rings. The van der Waals surface area contributed by atoms with Crippen molar-refractivity contribution in [2.24, 2.45) is 0 Å². The third-order valence-electron chi connectivity index (χ3n) is 3.31. The Labute approximate surface area is 115 Å². The Morgan fingerprint density at radius 1 is 0.842 bits per heavy atom. The molecule has 2 aromatic rings. The van der Waals surface area contributed by atoms with E-state index in [-0.39, 0.29) is 10.8 Å². The lowest BCUT2D eigenvalue weighted by atomic mass is 9.81. The molecule has 0 unspecified atom stereocenters. The number of hydrogen-bond acceptors (Lipinski definition) is 2. The van der Waals surface area contributed by atoms with E-state index in [1.165, 1.54) is 11.1 Å². The highest BCUT2D eigenvalue weighted by molar-refractivity contribution is 5.47. The smallest absolute Gasteiger partial charge is 0.0896 e. The topological polar surface area (TPSA) is 30.7 Å². The molecular formula is C16H23N3. The van der Waals surface area contributed by atoms with Crippen molar-refractivity contribution in [1.82, 2.24) is 15.0 Å². The number of rotatable bonds is 1. The Morgan fingerprint density at radius 3 is 1.89 bits per heavy atom. The van der Waals surface area contributed by atoms with Crippen molar-refractivity contribution in [3.63, 3.8) is 0 Å². The molecule has 1 heterocycles. The van der Waals surface area contributed by atoms with Crippen molar-refractivity contribution in [3.8, 4) is 5.69 Å². The summed E-state index contributed by atoms with van der Waals surface area (Å²) in [6, 6.07) is 6.63. The SMILES string of the molecule is CC(C)(C)c1ccc(C(C)(C)C)c(-n2nccn2)c1. The van der Waals surface area contributed by atoms with E-state index < -0.39 is 0 Å². The van der Waals surface area contributed by atoms with Crippen LogP contribution in [0.25, 0.3) is 5.69 Å². The molecule has 3 heteroatoms. The van der Waals surface area contributed by atoms with Crippen LogP contribution in [0.1, 0.15) is 52.7 Å². The molecule has 102 valence electrons. The molecule has 0 aliphatic heterocycles. The summed E-state index contributed by atoms with van der Waals surface area (Å²) in [6.45, 7) is 13.3. The first-order chi connectivity index (χ1) is 8.69. The maximum atomic E-state index is 4.29. The Morgan fingerprint density at radius 2 is 1.42 bits per heavy atom. The van der Waals surface area contributed by atoms with Gasteiger partial charge in [0.25, 0.3) is 0 Å². The van der Waals surface area contributed by atoms with Crippen LogP contribution < -0.4 is 0 Å². The Balaban J connectivity index is 2.65. The van der Waals surface area contributed by atoms with Crippen LogP contribution in [-0.2, 0) is 10.8 Å². The van der Waals surface area contributed by atoms with Gasteiger partial charge in [0.2, 0.25) is 0 Å². The van der Waals surface area contributed by atoms with Crippen LogP contribution in [0, 0.1) is 0 Å². The van der Waals surface area contributed by atoms with Gasteiger partial charge in [-0.05, 0) is 28.0 Å². The van der Waals surface area contributed by atoms with Crippen molar-refractivity contribution < 1.29 is 0 Å². The van der Waals surface area contributed by atoms with Crippen LogP contribution in [0.15, 0.2) is 30.6 Å². The molecule has 0 amide bonds. The molecule has 19 heavy (non-hydrogen) atoms. The van der Waals surface area contributed by atoms with Crippen molar-refractivity contribution in [2.45, 2.75) is 52.4 Å². The predicted molar refractivity (Wildman–Crippen MR) is 78.8 cm³/mol. The average molecular weight is 257 g/mol. The van der Waals surface area contributed by atoms with Crippen molar-refractivity contribution in [3.05, 3.63) is 41.7 Å². The monoisotopic (exact) mass is 257 g/mol. The summed E-state index contributed by atoms with van der Waals surface area (Å²) < 4.78 is 0. The Kier molecular flexibility index (Phi) is 3.25. The standard InChI is InChI=1S/C16H23N3/c1-15(2,3)12-7-8-13(16(4,5)6)14(11-12)19-17-9-10-18-19/h7-11H,1-6H3. The van der Waals surface area contributed by atoms with Gasteiger partial charge >= 0.3 is 0 Å². The van der Waals surface area contributed by atoms with Crippen molar-refractivity contribution >= 4 is 0 Å². The summed E-state index contributed by atoms with van der Waals surface area (Å²) in [4.78, 5) is 1.72. The summed E-state index contributed by atoms with van der Waals surface area (Å²) in [5.74, 6) is 0. The first-order valence-corrected chi connectivity index (χ1v) is 6.71. The molecule has 0 radical (unpaired) electrons. The second kappa shape index (κ2) is 4.48. The minimum absolute atomic E-state index is 0.0688. The van der Waals surface area contributed by atoms with Gasteiger partial charge in [-0.25, -0.2) is 0 Å². The summed E-state index contributed by atoms with van der Waals surface area (Å²) in [5, 5.41) is 8.58. The van der Waals surface area contributed by atoms with Gasteiger partial charge in [0, 0.05) is 0 Å². The van der Waals surface area contributed by atoms with Crippen LogP contribution in [0.2, 0.25) is 0 Å². The Hall–Kier alpha value is -1.64. The van der Waals surface area contributed by atoms with E-state index in [1.807, 2.05) is 0 Å². The highest BCUT2D eigenvalue weighted by Gasteiger charge is 2.22. The predicted octanol–water partition coefficient (Wildman–Crippen LogP) is 3.86. The molecule has 0 N–H and O–H groups in total. The molecule has 3 nitrogen and oxygen atoms in total. The van der Waals surface area contributed by atoms with Crippen molar-refractivity contribution in [1.29, 1.82) is 0 Å². The summed E-state index contributed by atoms with van der Waals surface area (Å²) in [6.07, 6.45) is 3.44. The van der Waals surface area contributed by atoms with Crippen molar-refractivity contribution in [2.75, 3.05) is 0 Å². The van der Waals surface area contributed by atoms with E-state index in [0.717, 1.165) is 5.69 Å². The maximum absolute atomic E-state index is 4.29. The fourth-order valence-electron chi connectivity index (χ4n) is 2.14. The Bertz CT molecular complexity index is 555. The van der Waals surface area contributed by atoms with Crippen LogP contribution in [-0.4, -0.2) is 15.0 Å². The number of aromatic nitrogens is 3. The number of hydrogen-bond donors (Lipinski definition) is 0. The first-order valence-electron chi connectivity index (χ1n) is 6.71. The zero-order valence-electron chi connectivity index (χ0n) is 12.7. The zero-order valence-corrected chi connectivity index (χ0v) is 12.7. The van der Waals surface area contributed by atoms with Gasteiger partial charge in [-0.1, -0.05) is 53.7 Å². The zero-order chi connectivity index (χ0) is 14.3. The van der Waals surface area contributed by atoms with Crippen LogP contribution in [0.5, 0.6) is 0 Å². The van der Waals surface area contributed by atoms with Crippen LogP contribution in [0.4, 0.5) is 0 Å². The largest absolute Gasteiger partial charge is 0.157 e. The molecule has 0 aliphatic rings. The molecule has 0 bridgehead atoms. The summed E-state index contributed by atoms with van der Waals surface area (Å²) >= 11 is 0. The third-order valence-corrected chi connectivity index (χ3v) is 3.31. The summed E-state index contributed by atoms with van der Waals surface area (Å²) in [5.41, 5.74) is 3.83. The minimum atomic E-state index is 0.0688. The molecule has 0 saturated heterocycles. The molecule has 0 spiro atoms. The quantitative estimate of drug-likeness (QED) is 0.776.